The third-order valence-corrected chi connectivity index (χ3v) is 10.1. The number of benzene rings is 7. The summed E-state index contributed by atoms with van der Waals surface area (Å²) in [6.07, 6.45) is 15.4. The van der Waals surface area contributed by atoms with Crippen molar-refractivity contribution in [3.8, 4) is 11.1 Å². The molecule has 8 rings (SSSR count). The second kappa shape index (κ2) is 13.5. The van der Waals surface area contributed by atoms with Gasteiger partial charge in [-0.3, -0.25) is 4.98 Å². The van der Waals surface area contributed by atoms with Crippen LogP contribution in [0.2, 0.25) is 0 Å². The van der Waals surface area contributed by atoms with Crippen LogP contribution in [0, 0.1) is 6.92 Å². The first-order chi connectivity index (χ1) is 25.0. The van der Waals surface area contributed by atoms with Gasteiger partial charge in [-0.15, -0.1) is 0 Å². The SMILES string of the molecule is C=C/C=C(\C=C/CC)c1ccc2cc(-c3ccc4c5ccc(C(=C)/C=C\c6ccc7cccnc7c6C)cc5c5ccccc5c4c3)ccc2c1. The van der Waals surface area contributed by atoms with Gasteiger partial charge < -0.3 is 0 Å². The van der Waals surface area contributed by atoms with E-state index in [-0.39, 0.29) is 0 Å². The lowest BCUT2D eigenvalue weighted by atomic mass is 9.90. The minimum absolute atomic E-state index is 0.978. The molecule has 0 unspecified atom stereocenters. The Balaban J connectivity index is 1.16. The molecule has 0 amide bonds. The molecule has 0 radical (unpaired) electrons. The van der Waals surface area contributed by atoms with E-state index in [0.717, 1.165) is 34.0 Å². The van der Waals surface area contributed by atoms with E-state index in [2.05, 4.69) is 178 Å². The molecule has 1 nitrogen and oxygen atoms in total. The summed E-state index contributed by atoms with van der Waals surface area (Å²) in [6, 6.07) is 44.4. The van der Waals surface area contributed by atoms with Crippen LogP contribution in [0.4, 0.5) is 0 Å². The first-order valence-corrected chi connectivity index (χ1v) is 17.7. The Bertz CT molecular complexity index is 2750. The zero-order chi connectivity index (χ0) is 34.9. The van der Waals surface area contributed by atoms with Crippen LogP contribution >= 0.6 is 0 Å². The fraction of sp³-hybridized carbons (Fsp3) is 0.0600. The Hall–Kier alpha value is -6.31. The van der Waals surface area contributed by atoms with Crippen molar-refractivity contribution in [2.24, 2.45) is 0 Å². The number of aryl methyl sites for hydroxylation is 1. The van der Waals surface area contributed by atoms with E-state index < -0.39 is 0 Å². The van der Waals surface area contributed by atoms with Gasteiger partial charge in [-0.1, -0.05) is 148 Å². The third-order valence-electron chi connectivity index (χ3n) is 10.1. The average molecular weight is 654 g/mol. The zero-order valence-electron chi connectivity index (χ0n) is 29.2. The average Bonchev–Trinajstić information content (AvgIpc) is 3.18. The highest BCUT2D eigenvalue weighted by molar-refractivity contribution is 6.26. The van der Waals surface area contributed by atoms with Crippen LogP contribution in [-0.2, 0) is 0 Å². The number of hydrogen-bond donors (Lipinski definition) is 0. The molecule has 0 N–H and O–H groups in total. The summed E-state index contributed by atoms with van der Waals surface area (Å²) in [6.45, 7) is 12.7. The lowest BCUT2D eigenvalue weighted by molar-refractivity contribution is 1.22. The van der Waals surface area contributed by atoms with Gasteiger partial charge in [0, 0.05) is 11.6 Å². The van der Waals surface area contributed by atoms with Crippen LogP contribution in [0.3, 0.4) is 0 Å². The van der Waals surface area contributed by atoms with E-state index in [1.807, 2.05) is 18.3 Å². The molecule has 0 atom stereocenters. The summed E-state index contributed by atoms with van der Waals surface area (Å²) >= 11 is 0. The third kappa shape index (κ3) is 5.98. The molecular weight excluding hydrogens is 615 g/mol. The molecule has 0 fully saturated rings. The molecule has 0 spiro atoms. The number of fused-ring (bicyclic) bond motifs is 8. The lowest BCUT2D eigenvalue weighted by Gasteiger charge is -2.14. The molecule has 1 heterocycles. The summed E-state index contributed by atoms with van der Waals surface area (Å²) in [5.41, 5.74) is 10.3. The van der Waals surface area contributed by atoms with Gasteiger partial charge in [0.25, 0.3) is 0 Å². The van der Waals surface area contributed by atoms with E-state index in [1.165, 1.54) is 70.9 Å². The number of nitrogens with zero attached hydrogens (tertiary/aromatic N) is 1. The predicted molar refractivity (Wildman–Crippen MR) is 224 cm³/mol. The van der Waals surface area contributed by atoms with Crippen molar-refractivity contribution in [2.75, 3.05) is 0 Å². The van der Waals surface area contributed by atoms with Crippen LogP contribution in [0.1, 0.15) is 35.6 Å². The van der Waals surface area contributed by atoms with Crippen molar-refractivity contribution in [1.29, 1.82) is 0 Å². The summed E-state index contributed by atoms with van der Waals surface area (Å²) in [4.78, 5) is 4.61. The standard InChI is InChI=1S/C50H39N/c1-5-7-12-36(11-6-2)39-20-21-41-30-42(23-22-40(41)29-39)43-25-27-47-46-26-24-38(31-48(46)44-14-8-9-15-45(44)49(47)32-43)33(3)16-17-35-18-19-37-13-10-28-51-50(37)34(35)4/h6-32H,2-3,5H2,1,4H3/b12-7-,17-16-,36-11+. The second-order valence-electron chi connectivity index (χ2n) is 13.2. The molecule has 0 saturated carbocycles. The predicted octanol–water partition coefficient (Wildman–Crippen LogP) is 14.1. The molecular formula is C50H39N. The highest BCUT2D eigenvalue weighted by atomic mass is 14.6. The normalized spacial score (nSPS) is 12.3. The number of rotatable bonds is 8. The fourth-order valence-corrected chi connectivity index (χ4v) is 7.33. The van der Waals surface area contributed by atoms with Crippen molar-refractivity contribution in [2.45, 2.75) is 20.3 Å². The second-order valence-corrected chi connectivity index (χ2v) is 13.2. The minimum Gasteiger partial charge on any atom is -0.256 e. The number of hydrogen-bond acceptors (Lipinski definition) is 1. The Morgan fingerprint density at radius 3 is 2.10 bits per heavy atom. The van der Waals surface area contributed by atoms with Gasteiger partial charge >= 0.3 is 0 Å². The molecule has 7 aromatic carbocycles. The van der Waals surface area contributed by atoms with Gasteiger partial charge in [0.1, 0.15) is 0 Å². The van der Waals surface area contributed by atoms with E-state index in [9.17, 15) is 0 Å². The maximum absolute atomic E-state index is 4.61. The topological polar surface area (TPSA) is 12.9 Å². The van der Waals surface area contributed by atoms with Gasteiger partial charge in [0.05, 0.1) is 5.52 Å². The largest absolute Gasteiger partial charge is 0.256 e. The van der Waals surface area contributed by atoms with Gasteiger partial charge in [-0.05, 0) is 131 Å². The molecule has 8 aromatic rings. The summed E-state index contributed by atoms with van der Waals surface area (Å²) in [5, 5.41) is 11.1. The van der Waals surface area contributed by atoms with E-state index in [1.54, 1.807) is 0 Å². The van der Waals surface area contributed by atoms with Crippen molar-refractivity contribution >= 4 is 71.2 Å². The maximum atomic E-state index is 4.61. The van der Waals surface area contributed by atoms with Crippen LogP contribution < -0.4 is 0 Å². The highest BCUT2D eigenvalue weighted by Gasteiger charge is 2.12. The molecule has 1 aromatic heterocycles. The van der Waals surface area contributed by atoms with Crippen LogP contribution in [0.5, 0.6) is 0 Å². The summed E-state index contributed by atoms with van der Waals surface area (Å²) < 4.78 is 0. The van der Waals surface area contributed by atoms with Crippen LogP contribution in [-0.4, -0.2) is 4.98 Å². The van der Waals surface area contributed by atoms with Gasteiger partial charge in [0.2, 0.25) is 0 Å². The Morgan fingerprint density at radius 1 is 0.627 bits per heavy atom. The van der Waals surface area contributed by atoms with Gasteiger partial charge in [0.15, 0.2) is 0 Å². The molecule has 0 aliphatic rings. The van der Waals surface area contributed by atoms with Crippen molar-refractivity contribution < 1.29 is 0 Å². The molecule has 51 heavy (non-hydrogen) atoms. The fourth-order valence-electron chi connectivity index (χ4n) is 7.33. The molecule has 0 aliphatic heterocycles. The summed E-state index contributed by atoms with van der Waals surface area (Å²) in [5.74, 6) is 0. The number of aromatic nitrogens is 1. The van der Waals surface area contributed by atoms with Crippen molar-refractivity contribution in [3.63, 3.8) is 0 Å². The zero-order valence-corrected chi connectivity index (χ0v) is 29.2. The number of pyridine rings is 1. The van der Waals surface area contributed by atoms with Gasteiger partial charge in [-0.2, -0.15) is 0 Å². The highest BCUT2D eigenvalue weighted by Crippen LogP contribution is 2.39. The summed E-state index contributed by atoms with van der Waals surface area (Å²) in [7, 11) is 0. The minimum atomic E-state index is 0.978. The Morgan fingerprint density at radius 2 is 1.29 bits per heavy atom. The monoisotopic (exact) mass is 653 g/mol. The Kier molecular flexibility index (Phi) is 8.48. The first-order valence-electron chi connectivity index (χ1n) is 17.7. The van der Waals surface area contributed by atoms with Crippen molar-refractivity contribution in [3.05, 3.63) is 193 Å². The first kappa shape index (κ1) is 31.9. The molecule has 1 heteroatoms. The molecule has 244 valence electrons. The lowest BCUT2D eigenvalue weighted by Crippen LogP contribution is -1.88. The smallest absolute Gasteiger partial charge is 0.0737 e. The molecule has 0 bridgehead atoms. The van der Waals surface area contributed by atoms with Crippen molar-refractivity contribution in [1.82, 2.24) is 4.98 Å². The van der Waals surface area contributed by atoms with Crippen LogP contribution in [0.25, 0.3) is 82.3 Å². The molecule has 0 saturated heterocycles. The Labute approximate surface area is 299 Å². The van der Waals surface area contributed by atoms with Gasteiger partial charge in [-0.25, -0.2) is 0 Å². The van der Waals surface area contributed by atoms with Crippen LogP contribution in [0.15, 0.2) is 171 Å². The number of allylic oxidation sites excluding steroid dienone is 7. The quantitative estimate of drug-likeness (QED) is 0.117. The van der Waals surface area contributed by atoms with E-state index in [4.69, 9.17) is 0 Å². The van der Waals surface area contributed by atoms with E-state index in [0.29, 0.717) is 0 Å². The maximum Gasteiger partial charge on any atom is 0.0737 e. The van der Waals surface area contributed by atoms with E-state index >= 15 is 0 Å². The molecule has 0 aliphatic carbocycles.